The van der Waals surface area contributed by atoms with Crippen LogP contribution in [-0.2, 0) is 46.2 Å². The van der Waals surface area contributed by atoms with Gasteiger partial charge in [-0.15, -0.1) is 10.2 Å². The van der Waals surface area contributed by atoms with Crippen molar-refractivity contribution < 1.29 is 45.3 Å². The molecule has 1 heterocycles. The van der Waals surface area contributed by atoms with Crippen LogP contribution >= 0.6 is 31.9 Å². The molecule has 6 rings (SSSR count). The molecule has 0 radical (unpaired) electrons. The van der Waals surface area contributed by atoms with Crippen LogP contribution in [0.4, 0.5) is 28.7 Å². The Labute approximate surface area is 398 Å². The van der Waals surface area contributed by atoms with Gasteiger partial charge >= 0.3 is 0 Å². The van der Waals surface area contributed by atoms with E-state index in [0.29, 0.717) is 62.4 Å². The van der Waals surface area contributed by atoms with Gasteiger partial charge in [-0.25, -0.2) is 4.98 Å². The SMILES string of the molecule is CCCOc1cc(N=Nc2ccc(CO)cc2)c(Br)cc1Cc1nc(Cc2cc(Br)c(N=Nc3ccc(OC)c(S(=O)(=O)O)c3)cc2OCCCS(=O)(=O)O)nc(NCc2ccccc2)n1. The lowest BCUT2D eigenvalue weighted by atomic mass is 10.1. The number of azo groups is 2. The third-order valence-corrected chi connectivity index (χ3v) is 12.3. The first-order valence-corrected chi connectivity index (χ1v) is 24.8. The third kappa shape index (κ3) is 14.6. The van der Waals surface area contributed by atoms with Crippen molar-refractivity contribution in [3.05, 3.63) is 140 Å². The summed E-state index contributed by atoms with van der Waals surface area (Å²) >= 11 is 7.21. The molecule has 0 aliphatic rings. The first-order chi connectivity index (χ1) is 31.6. The Morgan fingerprint density at radius 2 is 1.24 bits per heavy atom. The molecule has 0 amide bonds. The summed E-state index contributed by atoms with van der Waals surface area (Å²) in [5.41, 5.74) is 4.55. The van der Waals surface area contributed by atoms with Crippen molar-refractivity contribution in [1.82, 2.24) is 15.0 Å². The van der Waals surface area contributed by atoms with Gasteiger partial charge in [0.1, 0.15) is 45.2 Å². The molecule has 0 fully saturated rings. The van der Waals surface area contributed by atoms with E-state index < -0.39 is 30.9 Å². The highest BCUT2D eigenvalue weighted by atomic mass is 79.9. The van der Waals surface area contributed by atoms with E-state index in [9.17, 15) is 31.0 Å². The monoisotopic (exact) mass is 1070 g/mol. The molecule has 346 valence electrons. The van der Waals surface area contributed by atoms with Crippen LogP contribution in [0, 0.1) is 0 Å². The molecule has 4 N–H and O–H groups in total. The van der Waals surface area contributed by atoms with Gasteiger partial charge in [-0.1, -0.05) is 49.4 Å². The largest absolute Gasteiger partial charge is 0.495 e. The Morgan fingerprint density at radius 1 is 0.667 bits per heavy atom. The molecule has 0 aliphatic carbocycles. The molecule has 0 bridgehead atoms. The Morgan fingerprint density at radius 3 is 1.79 bits per heavy atom. The maximum atomic E-state index is 12.0. The van der Waals surface area contributed by atoms with Crippen molar-refractivity contribution in [3.63, 3.8) is 0 Å². The number of aromatic nitrogens is 3. The molecule has 0 aliphatic heterocycles. The smallest absolute Gasteiger partial charge is 0.298 e. The van der Waals surface area contributed by atoms with Crippen molar-refractivity contribution in [2.75, 3.05) is 31.4 Å². The summed E-state index contributed by atoms with van der Waals surface area (Å²) in [6, 6.07) is 27.6. The van der Waals surface area contributed by atoms with E-state index in [4.69, 9.17) is 29.2 Å². The summed E-state index contributed by atoms with van der Waals surface area (Å²) in [5.74, 6) is 1.27. The molecule has 66 heavy (non-hydrogen) atoms. The van der Waals surface area contributed by atoms with Crippen LogP contribution in [-0.4, -0.2) is 72.1 Å². The topological polar surface area (TPSA) is 257 Å². The highest BCUT2D eigenvalue weighted by Crippen LogP contribution is 2.38. The summed E-state index contributed by atoms with van der Waals surface area (Å²) in [5, 5.41) is 30.0. The van der Waals surface area contributed by atoms with E-state index in [0.717, 1.165) is 29.2 Å². The number of aliphatic hydroxyl groups is 1. The first kappa shape index (κ1) is 49.7. The number of anilines is 1. The average Bonchev–Trinajstić information content (AvgIpc) is 3.29. The van der Waals surface area contributed by atoms with Crippen LogP contribution in [0.1, 0.15) is 53.7 Å². The number of halogens is 2. The van der Waals surface area contributed by atoms with Gasteiger partial charge in [-0.3, -0.25) is 9.11 Å². The molecule has 0 atom stereocenters. The quantitative estimate of drug-likeness (QED) is 0.0280. The normalized spacial score (nSPS) is 11.9. The molecule has 22 heteroatoms. The van der Waals surface area contributed by atoms with Crippen molar-refractivity contribution >= 4 is 80.8 Å². The second kappa shape index (κ2) is 23.1. The highest BCUT2D eigenvalue weighted by Gasteiger charge is 2.20. The summed E-state index contributed by atoms with van der Waals surface area (Å²) < 4.78 is 84.5. The molecule has 0 unspecified atom stereocenters. The second-order valence-electron chi connectivity index (χ2n) is 14.4. The number of aliphatic hydroxyl groups excluding tert-OH is 1. The van der Waals surface area contributed by atoms with Crippen molar-refractivity contribution in [1.29, 1.82) is 0 Å². The maximum absolute atomic E-state index is 12.0. The van der Waals surface area contributed by atoms with E-state index in [1.54, 1.807) is 42.5 Å². The van der Waals surface area contributed by atoms with Gasteiger partial charge in [0.15, 0.2) is 0 Å². The van der Waals surface area contributed by atoms with Gasteiger partial charge < -0.3 is 24.6 Å². The Hall–Kier alpha value is -5.75. The summed E-state index contributed by atoms with van der Waals surface area (Å²) in [7, 11) is -7.64. The molecule has 0 saturated heterocycles. The van der Waals surface area contributed by atoms with E-state index in [1.807, 2.05) is 43.3 Å². The van der Waals surface area contributed by atoms with Crippen molar-refractivity contribution in [2.45, 2.75) is 50.7 Å². The summed E-state index contributed by atoms with van der Waals surface area (Å²) in [6.45, 7) is 2.67. The van der Waals surface area contributed by atoms with Crippen molar-refractivity contribution in [2.24, 2.45) is 20.5 Å². The molecule has 0 saturated carbocycles. The van der Waals surface area contributed by atoms with E-state index in [1.165, 1.54) is 19.2 Å². The highest BCUT2D eigenvalue weighted by molar-refractivity contribution is 9.11. The van der Waals surface area contributed by atoms with Crippen LogP contribution < -0.4 is 19.5 Å². The minimum absolute atomic E-state index is 0.0329. The molecule has 1 aromatic heterocycles. The first-order valence-electron chi connectivity index (χ1n) is 20.2. The molecule has 6 aromatic rings. The molecular weight excluding hydrogens is 1020 g/mol. The number of nitrogens with zero attached hydrogens (tertiary/aromatic N) is 7. The number of rotatable bonds is 22. The molecular formula is C44H44Br2N8O10S2. The van der Waals surface area contributed by atoms with Gasteiger partial charge in [0.05, 0.1) is 44.1 Å². The molecule has 18 nitrogen and oxygen atoms in total. The van der Waals surface area contributed by atoms with Crippen LogP contribution in [0.25, 0.3) is 0 Å². The number of nitrogens with one attached hydrogen (secondary N) is 1. The van der Waals surface area contributed by atoms with Gasteiger partial charge in [-0.05, 0) is 98.3 Å². The number of ether oxygens (including phenoxy) is 3. The van der Waals surface area contributed by atoms with Gasteiger partial charge in [-0.2, -0.15) is 37.0 Å². The lowest BCUT2D eigenvalue weighted by molar-refractivity contribution is 0.282. The summed E-state index contributed by atoms with van der Waals surface area (Å²) in [6.07, 6.45) is 1.03. The van der Waals surface area contributed by atoms with Gasteiger partial charge in [0.2, 0.25) is 5.95 Å². The van der Waals surface area contributed by atoms with Gasteiger partial charge in [0.25, 0.3) is 20.2 Å². The fourth-order valence-electron chi connectivity index (χ4n) is 6.15. The van der Waals surface area contributed by atoms with Crippen LogP contribution in [0.2, 0.25) is 0 Å². The predicted molar refractivity (Wildman–Crippen MR) is 253 cm³/mol. The maximum Gasteiger partial charge on any atom is 0.298 e. The fourth-order valence-corrected chi connectivity index (χ4v) is 8.24. The molecule has 0 spiro atoms. The lowest BCUT2D eigenvalue weighted by Gasteiger charge is -2.15. The minimum Gasteiger partial charge on any atom is -0.495 e. The number of methoxy groups -OCH3 is 1. The van der Waals surface area contributed by atoms with Crippen molar-refractivity contribution in [3.8, 4) is 17.2 Å². The minimum atomic E-state index is -4.65. The van der Waals surface area contributed by atoms with E-state index >= 15 is 0 Å². The Bertz CT molecular complexity index is 2930. The van der Waals surface area contributed by atoms with Crippen LogP contribution in [0.15, 0.2) is 131 Å². The standard InChI is InChI=1S/C44H44Br2N8O10S2/c1-3-16-63-39-24-36(53-51-32-12-10-29(27-55)11-13-32)34(45)19-30(39)21-42-48-43(50-44(49-42)47-26-28-8-5-4-6-9-28)22-31-20-35(46)37(25-40(31)64-17-7-18-65(56,57)58)54-52-33-14-15-38(62-2)41(23-33)66(59,60)61/h4-6,8-15,19-20,23-25,55H,3,7,16-18,21-22,26-27H2,1-2H3,(H,56,57,58)(H,59,60,61)(H,47,48,49,50). The number of hydrogen-bond acceptors (Lipinski definition) is 16. The van der Waals surface area contributed by atoms with Crippen LogP contribution in [0.5, 0.6) is 17.2 Å². The average molecular weight is 1070 g/mol. The summed E-state index contributed by atoms with van der Waals surface area (Å²) in [4.78, 5) is 14.0. The fraction of sp³-hybridized carbons (Fsp3) is 0.250. The number of benzene rings is 5. The third-order valence-electron chi connectivity index (χ3n) is 9.33. The Balaban J connectivity index is 1.36. The Kier molecular flexibility index (Phi) is 17.4. The van der Waals surface area contributed by atoms with E-state index in [2.05, 4.69) is 57.6 Å². The zero-order valence-corrected chi connectivity index (χ0v) is 40.3. The zero-order chi connectivity index (χ0) is 47.3. The lowest BCUT2D eigenvalue weighted by Crippen LogP contribution is -2.12. The molecule has 5 aromatic carbocycles. The van der Waals surface area contributed by atoms with Gasteiger partial charge in [0, 0.05) is 51.6 Å². The zero-order valence-electron chi connectivity index (χ0n) is 35.5. The second-order valence-corrected chi connectivity index (χ2v) is 19.0. The predicted octanol–water partition coefficient (Wildman–Crippen LogP) is 10.2. The van der Waals surface area contributed by atoms with Crippen LogP contribution in [0.3, 0.4) is 0 Å². The number of hydrogen-bond donors (Lipinski definition) is 4. The van der Waals surface area contributed by atoms with E-state index in [-0.39, 0.29) is 55.4 Å².